The Balaban J connectivity index is 1.27. The molecule has 0 atom stereocenters. The van der Waals surface area contributed by atoms with E-state index in [9.17, 15) is 4.79 Å². The highest BCUT2D eigenvalue weighted by molar-refractivity contribution is 7.98. The minimum absolute atomic E-state index is 0.259. The largest absolute Gasteiger partial charge is 0.289 e. The lowest BCUT2D eigenvalue weighted by atomic mass is 10.1. The molecule has 9 nitrogen and oxygen atoms in total. The first kappa shape index (κ1) is 21.8. The normalized spacial score (nSPS) is 11.1. The van der Waals surface area contributed by atoms with Crippen LogP contribution in [0.5, 0.6) is 0 Å². The van der Waals surface area contributed by atoms with Gasteiger partial charge in [-0.1, -0.05) is 60.3 Å². The van der Waals surface area contributed by atoms with Crippen molar-refractivity contribution in [1.82, 2.24) is 34.3 Å². The highest BCUT2D eigenvalue weighted by Crippen LogP contribution is 2.23. The summed E-state index contributed by atoms with van der Waals surface area (Å²) in [6, 6.07) is 19.4. The van der Waals surface area contributed by atoms with Gasteiger partial charge in [0.25, 0.3) is 11.7 Å². The number of rotatable bonds is 7. The Bertz CT molecular complexity index is 1460. The number of nitrogens with one attached hydrogen (secondary N) is 1. The molecule has 10 heteroatoms. The summed E-state index contributed by atoms with van der Waals surface area (Å²) in [5.41, 5.74) is 4.40. The number of anilines is 1. The van der Waals surface area contributed by atoms with Crippen LogP contribution in [0.3, 0.4) is 0 Å². The van der Waals surface area contributed by atoms with E-state index >= 15 is 0 Å². The standard InChI is InChI=1S/C24H22N8OS/c1-16-12-17(2)32-23(26-16)28-24(30-32)34-14-19-10-6-7-11-20(19)21(33)27-22-25-15-31(29-22)13-18-8-4-3-5-9-18/h3-12,15H,13-14H2,1-2H3,(H,27,29,33). The number of fused-ring (bicyclic) bond motifs is 1. The summed E-state index contributed by atoms with van der Waals surface area (Å²) in [4.78, 5) is 26.1. The van der Waals surface area contributed by atoms with Gasteiger partial charge < -0.3 is 0 Å². The number of carbonyl (C=O) groups is 1. The SMILES string of the molecule is Cc1cc(C)n2nc(SCc3ccccc3C(=O)Nc3ncn(Cc4ccccc4)n3)nc2n1. The van der Waals surface area contributed by atoms with Gasteiger partial charge in [-0.2, -0.15) is 4.98 Å². The summed E-state index contributed by atoms with van der Waals surface area (Å²) in [7, 11) is 0. The number of thioether (sulfide) groups is 1. The average Bonchev–Trinajstić information content (AvgIpc) is 3.45. The van der Waals surface area contributed by atoms with Gasteiger partial charge in [0.05, 0.1) is 6.54 Å². The van der Waals surface area contributed by atoms with E-state index in [0.717, 1.165) is 22.5 Å². The van der Waals surface area contributed by atoms with Crippen LogP contribution in [-0.4, -0.2) is 40.3 Å². The molecule has 0 fully saturated rings. The zero-order chi connectivity index (χ0) is 23.5. The minimum atomic E-state index is -0.259. The molecule has 0 aliphatic carbocycles. The number of hydrogen-bond donors (Lipinski definition) is 1. The maximum atomic E-state index is 13.0. The van der Waals surface area contributed by atoms with Crippen molar-refractivity contribution in [2.24, 2.45) is 0 Å². The minimum Gasteiger partial charge on any atom is -0.289 e. The Morgan fingerprint density at radius 1 is 1.00 bits per heavy atom. The number of amides is 1. The first-order valence-electron chi connectivity index (χ1n) is 10.7. The summed E-state index contributed by atoms with van der Waals surface area (Å²) >= 11 is 1.46. The topological polar surface area (TPSA) is 103 Å². The zero-order valence-electron chi connectivity index (χ0n) is 18.7. The van der Waals surface area contributed by atoms with Crippen LogP contribution in [0.2, 0.25) is 0 Å². The van der Waals surface area contributed by atoms with Crippen molar-refractivity contribution < 1.29 is 4.79 Å². The molecule has 5 rings (SSSR count). The van der Waals surface area contributed by atoms with Crippen LogP contribution in [0.4, 0.5) is 5.95 Å². The third-order valence-electron chi connectivity index (χ3n) is 5.17. The van der Waals surface area contributed by atoms with E-state index in [2.05, 4.69) is 30.5 Å². The molecule has 5 aromatic rings. The Hall–Kier alpha value is -4.05. The van der Waals surface area contributed by atoms with Crippen LogP contribution in [0.15, 0.2) is 72.1 Å². The fourth-order valence-electron chi connectivity index (χ4n) is 3.59. The summed E-state index contributed by atoms with van der Waals surface area (Å²) in [6.45, 7) is 4.49. The van der Waals surface area contributed by atoms with Crippen LogP contribution < -0.4 is 5.32 Å². The van der Waals surface area contributed by atoms with Gasteiger partial charge in [-0.05, 0) is 37.1 Å². The average molecular weight is 471 g/mol. The van der Waals surface area contributed by atoms with Crippen molar-refractivity contribution >= 4 is 29.4 Å². The molecule has 3 heterocycles. The van der Waals surface area contributed by atoms with Gasteiger partial charge in [0.1, 0.15) is 6.33 Å². The zero-order valence-corrected chi connectivity index (χ0v) is 19.5. The number of aromatic nitrogens is 7. The van der Waals surface area contributed by atoms with Gasteiger partial charge in [0, 0.05) is 22.7 Å². The van der Waals surface area contributed by atoms with Gasteiger partial charge in [-0.15, -0.1) is 10.2 Å². The maximum absolute atomic E-state index is 13.0. The molecule has 0 saturated carbocycles. The van der Waals surface area contributed by atoms with Crippen LogP contribution in [0, 0.1) is 13.8 Å². The highest BCUT2D eigenvalue weighted by atomic mass is 32.2. The van der Waals surface area contributed by atoms with Crippen molar-refractivity contribution in [3.8, 4) is 0 Å². The smallest absolute Gasteiger partial charge is 0.258 e. The molecule has 1 N–H and O–H groups in total. The lowest BCUT2D eigenvalue weighted by Crippen LogP contribution is -2.15. The predicted octanol–water partition coefficient (Wildman–Crippen LogP) is 3.93. The van der Waals surface area contributed by atoms with Crippen molar-refractivity contribution in [3.63, 3.8) is 0 Å². The fourth-order valence-corrected chi connectivity index (χ4v) is 4.41. The second-order valence-corrected chi connectivity index (χ2v) is 8.74. The van der Waals surface area contributed by atoms with E-state index in [-0.39, 0.29) is 11.9 Å². The summed E-state index contributed by atoms with van der Waals surface area (Å²) in [6.07, 6.45) is 1.61. The van der Waals surface area contributed by atoms with Crippen LogP contribution in [0.25, 0.3) is 5.78 Å². The quantitative estimate of drug-likeness (QED) is 0.360. The molecule has 0 aliphatic rings. The van der Waals surface area contributed by atoms with Crippen LogP contribution in [-0.2, 0) is 12.3 Å². The second kappa shape index (κ2) is 9.44. The van der Waals surface area contributed by atoms with E-state index < -0.39 is 0 Å². The van der Waals surface area contributed by atoms with Gasteiger partial charge >= 0.3 is 0 Å². The van der Waals surface area contributed by atoms with Crippen molar-refractivity contribution in [1.29, 1.82) is 0 Å². The molecular weight excluding hydrogens is 448 g/mol. The molecule has 0 unspecified atom stereocenters. The van der Waals surface area contributed by atoms with Crippen molar-refractivity contribution in [2.45, 2.75) is 31.3 Å². The third kappa shape index (κ3) is 4.81. The molecule has 0 spiro atoms. The van der Waals surface area contributed by atoms with E-state index in [1.807, 2.05) is 68.4 Å². The molecule has 34 heavy (non-hydrogen) atoms. The Morgan fingerprint density at radius 2 is 1.79 bits per heavy atom. The van der Waals surface area contributed by atoms with E-state index in [1.54, 1.807) is 21.6 Å². The third-order valence-corrected chi connectivity index (χ3v) is 6.05. The number of aryl methyl sites for hydroxylation is 2. The fraction of sp³-hybridized carbons (Fsp3) is 0.167. The lowest BCUT2D eigenvalue weighted by Gasteiger charge is -2.07. The van der Waals surface area contributed by atoms with Gasteiger partial charge in [0.15, 0.2) is 0 Å². The molecule has 2 aromatic carbocycles. The van der Waals surface area contributed by atoms with E-state index in [4.69, 9.17) is 0 Å². The van der Waals surface area contributed by atoms with Gasteiger partial charge in [-0.25, -0.2) is 19.2 Å². The summed E-state index contributed by atoms with van der Waals surface area (Å²) < 4.78 is 3.42. The Labute approximate surface area is 200 Å². The number of benzene rings is 2. The van der Waals surface area contributed by atoms with Crippen LogP contribution >= 0.6 is 11.8 Å². The van der Waals surface area contributed by atoms with Gasteiger partial charge in [-0.3, -0.25) is 10.1 Å². The van der Waals surface area contributed by atoms with Crippen molar-refractivity contribution in [3.05, 3.63) is 95.1 Å². The van der Waals surface area contributed by atoms with Crippen molar-refractivity contribution in [2.75, 3.05) is 5.32 Å². The van der Waals surface area contributed by atoms with Crippen LogP contribution in [0.1, 0.15) is 32.9 Å². The molecule has 0 saturated heterocycles. The first-order chi connectivity index (χ1) is 16.5. The number of nitrogens with zero attached hydrogens (tertiary/aromatic N) is 7. The highest BCUT2D eigenvalue weighted by Gasteiger charge is 2.15. The monoisotopic (exact) mass is 470 g/mol. The lowest BCUT2D eigenvalue weighted by molar-refractivity contribution is 0.102. The molecule has 0 aliphatic heterocycles. The first-order valence-corrected chi connectivity index (χ1v) is 11.7. The Kier molecular flexibility index (Phi) is 6.05. The predicted molar refractivity (Wildman–Crippen MR) is 130 cm³/mol. The maximum Gasteiger partial charge on any atom is 0.258 e. The molecule has 3 aromatic heterocycles. The molecule has 0 bridgehead atoms. The summed E-state index contributed by atoms with van der Waals surface area (Å²) in [5.74, 6) is 1.12. The number of hydrogen-bond acceptors (Lipinski definition) is 7. The molecule has 1 amide bonds. The number of carbonyl (C=O) groups excluding carboxylic acids is 1. The molecule has 0 radical (unpaired) electrons. The second-order valence-electron chi connectivity index (χ2n) is 7.80. The summed E-state index contributed by atoms with van der Waals surface area (Å²) in [5, 5.41) is 12.3. The molecular formula is C24H22N8OS. The Morgan fingerprint density at radius 3 is 2.65 bits per heavy atom. The molecule has 170 valence electrons. The van der Waals surface area contributed by atoms with Gasteiger partial charge in [0.2, 0.25) is 11.1 Å². The van der Waals surface area contributed by atoms with E-state index in [0.29, 0.717) is 28.8 Å². The van der Waals surface area contributed by atoms with E-state index in [1.165, 1.54) is 11.8 Å².